The number of anilines is 4. The summed E-state index contributed by atoms with van der Waals surface area (Å²) in [6.45, 7) is 0. The zero-order valence-electron chi connectivity index (χ0n) is 16.7. The van der Waals surface area contributed by atoms with Gasteiger partial charge < -0.3 is 20.9 Å². The van der Waals surface area contributed by atoms with Gasteiger partial charge in [0.2, 0.25) is 17.8 Å². The second-order valence-corrected chi connectivity index (χ2v) is 10.6. The summed E-state index contributed by atoms with van der Waals surface area (Å²) in [5.74, 6) is -0.656. The van der Waals surface area contributed by atoms with Crippen molar-refractivity contribution in [3.63, 3.8) is 0 Å². The monoisotopic (exact) mass is 522 g/mol. The maximum atomic E-state index is 11.7. The van der Waals surface area contributed by atoms with E-state index in [-0.39, 0.29) is 23.9 Å². The van der Waals surface area contributed by atoms with Crippen LogP contribution >= 0.6 is 0 Å². The van der Waals surface area contributed by atoms with Gasteiger partial charge in [0, 0.05) is 23.4 Å². The number of aromatic nitrogens is 3. The third kappa shape index (κ3) is 6.76. The standard InChI is InChI=1S/C15H21N7O8S3/c16-13-19-14(17-9-3-1-2-4-10(9)22-31(23)24)21-15(20-13)18-11-7-8(32(25,26)27)5-6-12(11)33(28,29)30/h5-7,9-10,22H,1-4H2,(H,23,24)(H,25,26,27)(H,28,29,30)(H4,16,17,18,19,20,21)/p-1. The quantitative estimate of drug-likeness (QED) is 0.194. The molecule has 0 saturated heterocycles. The second-order valence-electron chi connectivity index (χ2n) is 7.07. The predicted octanol–water partition coefficient (Wildman–Crippen LogP) is -0.202. The molecule has 1 saturated carbocycles. The zero-order chi connectivity index (χ0) is 24.4. The van der Waals surface area contributed by atoms with Gasteiger partial charge in [0.25, 0.3) is 20.2 Å². The van der Waals surface area contributed by atoms with Crippen molar-refractivity contribution in [1.29, 1.82) is 0 Å². The highest BCUT2D eigenvalue weighted by atomic mass is 32.2. The van der Waals surface area contributed by atoms with Crippen LogP contribution in [0.1, 0.15) is 25.7 Å². The van der Waals surface area contributed by atoms with Crippen molar-refractivity contribution in [3.05, 3.63) is 18.2 Å². The number of nitrogens with two attached hydrogens (primary N) is 1. The van der Waals surface area contributed by atoms with E-state index in [9.17, 15) is 34.7 Å². The normalized spacial score (nSPS) is 20.2. The third-order valence-electron chi connectivity index (χ3n) is 4.75. The Morgan fingerprint density at radius 2 is 1.64 bits per heavy atom. The number of rotatable bonds is 8. The van der Waals surface area contributed by atoms with Gasteiger partial charge in [-0.1, -0.05) is 12.8 Å². The van der Waals surface area contributed by atoms with E-state index in [1.807, 2.05) is 0 Å². The molecule has 182 valence electrons. The summed E-state index contributed by atoms with van der Waals surface area (Å²) >= 11 is -2.48. The zero-order valence-corrected chi connectivity index (χ0v) is 19.2. The topological polar surface area (TPSA) is 250 Å². The fraction of sp³-hybridized carbons (Fsp3) is 0.400. The Balaban J connectivity index is 1.93. The molecule has 3 unspecified atom stereocenters. The van der Waals surface area contributed by atoms with Crippen LogP contribution in [0.3, 0.4) is 0 Å². The molecule has 0 amide bonds. The minimum absolute atomic E-state index is 0.0558. The number of benzene rings is 1. The molecule has 2 aromatic rings. The van der Waals surface area contributed by atoms with Crippen LogP contribution in [-0.2, 0) is 31.5 Å². The van der Waals surface area contributed by atoms with Crippen LogP contribution in [0.4, 0.5) is 23.5 Å². The second kappa shape index (κ2) is 9.79. The largest absolute Gasteiger partial charge is 0.760 e. The first-order valence-corrected chi connectivity index (χ1v) is 13.3. The molecule has 1 aromatic carbocycles. The Labute approximate surface area is 191 Å². The van der Waals surface area contributed by atoms with Crippen molar-refractivity contribution in [3.8, 4) is 0 Å². The Bertz CT molecular complexity index is 1270. The lowest BCUT2D eigenvalue weighted by molar-refractivity contribution is 0.372. The molecule has 0 spiro atoms. The lowest BCUT2D eigenvalue weighted by Crippen LogP contribution is -2.47. The number of nitrogen functional groups attached to an aromatic ring is 1. The van der Waals surface area contributed by atoms with E-state index in [0.29, 0.717) is 12.8 Å². The Morgan fingerprint density at radius 3 is 2.24 bits per heavy atom. The molecule has 0 radical (unpaired) electrons. The fourth-order valence-corrected chi connectivity index (χ4v) is 5.02. The van der Waals surface area contributed by atoms with E-state index in [2.05, 4.69) is 30.3 Å². The van der Waals surface area contributed by atoms with Gasteiger partial charge in [-0.25, -0.2) is 4.72 Å². The van der Waals surface area contributed by atoms with Crippen LogP contribution in [0.2, 0.25) is 0 Å². The molecule has 0 bridgehead atoms. The molecular weight excluding hydrogens is 502 g/mol. The number of nitrogens with zero attached hydrogens (tertiary/aromatic N) is 3. The number of hydrogen-bond acceptors (Lipinski definition) is 12. The molecule has 3 atom stereocenters. The molecule has 15 nitrogen and oxygen atoms in total. The summed E-state index contributed by atoms with van der Waals surface area (Å²) in [5, 5.41) is 5.40. The van der Waals surface area contributed by atoms with Crippen LogP contribution in [0.25, 0.3) is 0 Å². The minimum Gasteiger partial charge on any atom is -0.760 e. The molecule has 7 N–H and O–H groups in total. The average molecular weight is 523 g/mol. The fourth-order valence-electron chi connectivity index (χ4n) is 3.36. The molecule has 1 aliphatic carbocycles. The van der Waals surface area contributed by atoms with Crippen molar-refractivity contribution < 1.29 is 34.7 Å². The summed E-state index contributed by atoms with van der Waals surface area (Å²) < 4.78 is 89.4. The van der Waals surface area contributed by atoms with Gasteiger partial charge in [-0.2, -0.15) is 31.8 Å². The van der Waals surface area contributed by atoms with Crippen molar-refractivity contribution in [1.82, 2.24) is 19.7 Å². The van der Waals surface area contributed by atoms with Crippen LogP contribution in [-0.4, -0.2) is 61.7 Å². The summed E-state index contributed by atoms with van der Waals surface area (Å²) in [4.78, 5) is 10.4. The van der Waals surface area contributed by atoms with Crippen molar-refractivity contribution >= 4 is 55.0 Å². The molecule has 1 aromatic heterocycles. The van der Waals surface area contributed by atoms with Crippen molar-refractivity contribution in [2.75, 3.05) is 16.4 Å². The van der Waals surface area contributed by atoms with Crippen molar-refractivity contribution in [2.45, 2.75) is 47.6 Å². The number of nitrogens with one attached hydrogen (secondary N) is 3. The van der Waals surface area contributed by atoms with Gasteiger partial charge in [0.1, 0.15) is 4.90 Å². The van der Waals surface area contributed by atoms with E-state index in [4.69, 9.17) is 5.73 Å². The van der Waals surface area contributed by atoms with Gasteiger partial charge >= 0.3 is 0 Å². The van der Waals surface area contributed by atoms with Crippen LogP contribution < -0.4 is 21.1 Å². The van der Waals surface area contributed by atoms with E-state index in [1.165, 1.54) is 0 Å². The maximum absolute atomic E-state index is 11.7. The minimum atomic E-state index is -4.80. The highest BCUT2D eigenvalue weighted by Crippen LogP contribution is 2.28. The van der Waals surface area contributed by atoms with Crippen LogP contribution in [0.5, 0.6) is 0 Å². The van der Waals surface area contributed by atoms with Gasteiger partial charge in [-0.05, 0) is 31.0 Å². The Hall–Kier alpha value is -2.48. The molecule has 3 rings (SSSR count). The van der Waals surface area contributed by atoms with Gasteiger partial charge in [0.15, 0.2) is 0 Å². The summed E-state index contributed by atoms with van der Waals surface area (Å²) in [6.07, 6.45) is 2.83. The Morgan fingerprint density at radius 1 is 1.00 bits per heavy atom. The molecule has 18 heteroatoms. The summed E-state index contributed by atoms with van der Waals surface area (Å²) in [6, 6.07) is 1.52. The van der Waals surface area contributed by atoms with E-state index in [1.54, 1.807) is 0 Å². The highest BCUT2D eigenvalue weighted by Gasteiger charge is 2.26. The third-order valence-corrected chi connectivity index (χ3v) is 7.01. The van der Waals surface area contributed by atoms with Crippen LogP contribution in [0.15, 0.2) is 28.0 Å². The highest BCUT2D eigenvalue weighted by molar-refractivity contribution is 7.86. The molecule has 33 heavy (non-hydrogen) atoms. The van der Waals surface area contributed by atoms with E-state index >= 15 is 0 Å². The first kappa shape index (κ1) is 25.1. The summed E-state index contributed by atoms with van der Waals surface area (Å²) in [7, 11) is -9.50. The molecule has 1 heterocycles. The first-order valence-electron chi connectivity index (χ1n) is 9.32. The number of hydrogen-bond donors (Lipinski definition) is 6. The first-order chi connectivity index (χ1) is 15.3. The summed E-state index contributed by atoms with van der Waals surface area (Å²) in [5.41, 5.74) is 5.24. The maximum Gasteiger partial charge on any atom is 0.296 e. The van der Waals surface area contributed by atoms with E-state index in [0.717, 1.165) is 31.0 Å². The van der Waals surface area contributed by atoms with Crippen LogP contribution in [0, 0.1) is 0 Å². The van der Waals surface area contributed by atoms with E-state index < -0.39 is 53.0 Å². The van der Waals surface area contributed by atoms with Crippen molar-refractivity contribution in [2.24, 2.45) is 0 Å². The van der Waals surface area contributed by atoms with Gasteiger partial charge in [-0.15, -0.1) is 0 Å². The smallest absolute Gasteiger partial charge is 0.296 e. The molecule has 0 aliphatic heterocycles. The molecular formula is C15H20N7O8S3-. The predicted molar refractivity (Wildman–Crippen MR) is 115 cm³/mol. The molecule has 1 fully saturated rings. The lowest BCUT2D eigenvalue weighted by Gasteiger charge is -2.33. The van der Waals surface area contributed by atoms with Gasteiger partial charge in [0.05, 0.1) is 10.6 Å². The average Bonchev–Trinajstić information content (AvgIpc) is 2.67. The lowest BCUT2D eigenvalue weighted by atomic mass is 9.91. The Kier molecular flexibility index (Phi) is 7.46. The SMILES string of the molecule is Nc1nc(Nc2cc(S(=O)(=O)O)ccc2S(=O)(=O)O)nc(NC2CCCCC2NS(=O)[O-])n1. The molecule has 1 aliphatic rings. The van der Waals surface area contributed by atoms with Gasteiger partial charge in [-0.3, -0.25) is 13.3 Å².